The average Bonchev–Trinajstić information content (AvgIpc) is 2.31. The molecule has 0 saturated carbocycles. The second-order valence-corrected chi connectivity index (χ2v) is 6.43. The highest BCUT2D eigenvalue weighted by molar-refractivity contribution is 6.18. The van der Waals surface area contributed by atoms with E-state index in [1.807, 2.05) is 0 Å². The first kappa shape index (κ1) is 21.8. The summed E-state index contributed by atoms with van der Waals surface area (Å²) in [7, 11) is 4.36. The summed E-state index contributed by atoms with van der Waals surface area (Å²) in [6, 6.07) is 0. The first-order valence-electron chi connectivity index (χ1n) is 7.58. The summed E-state index contributed by atoms with van der Waals surface area (Å²) >= 11 is 5.64. The van der Waals surface area contributed by atoms with Crippen LogP contribution >= 0.6 is 11.6 Å². The molecule has 118 valence electrons. The quantitative estimate of drug-likeness (QED) is 0.321. The Morgan fingerprint density at radius 3 is 1.89 bits per heavy atom. The third-order valence-corrected chi connectivity index (χ3v) is 3.86. The number of hydrogen-bond donors (Lipinski definition) is 1. The van der Waals surface area contributed by atoms with Crippen molar-refractivity contribution in [3.05, 3.63) is 0 Å². The minimum absolute atomic E-state index is 0. The largest absolute Gasteiger partial charge is 1.00 e. The van der Waals surface area contributed by atoms with Crippen molar-refractivity contribution in [2.24, 2.45) is 0 Å². The van der Waals surface area contributed by atoms with Crippen LogP contribution in [0.15, 0.2) is 0 Å². The van der Waals surface area contributed by atoms with Gasteiger partial charge in [0.25, 0.3) is 0 Å². The molecule has 0 aliphatic carbocycles. The number of nitrogens with zero attached hydrogens (tertiary/aromatic N) is 1. The van der Waals surface area contributed by atoms with Gasteiger partial charge in [0.2, 0.25) is 0 Å². The number of hydrogen-bond acceptors (Lipinski definition) is 1. The van der Waals surface area contributed by atoms with Gasteiger partial charge in [-0.1, -0.05) is 45.4 Å². The molecule has 0 fully saturated rings. The molecule has 0 bridgehead atoms. The first-order chi connectivity index (χ1) is 8.52. The van der Waals surface area contributed by atoms with E-state index in [1.54, 1.807) is 0 Å². The molecular formula is C15H33Cl2NO. The minimum atomic E-state index is -0.365. The fraction of sp³-hybridized carbons (Fsp3) is 1.00. The van der Waals surface area contributed by atoms with Crippen LogP contribution in [0.3, 0.4) is 0 Å². The molecule has 0 aliphatic rings. The van der Waals surface area contributed by atoms with Crippen LogP contribution < -0.4 is 12.4 Å². The van der Waals surface area contributed by atoms with Gasteiger partial charge in [-0.05, 0) is 12.8 Å². The van der Waals surface area contributed by atoms with E-state index in [2.05, 4.69) is 21.0 Å². The van der Waals surface area contributed by atoms with Gasteiger partial charge >= 0.3 is 0 Å². The molecule has 0 radical (unpaired) electrons. The van der Waals surface area contributed by atoms with Crippen LogP contribution in [-0.2, 0) is 0 Å². The fourth-order valence-corrected chi connectivity index (χ4v) is 2.48. The molecule has 0 aliphatic heterocycles. The monoisotopic (exact) mass is 313 g/mol. The Balaban J connectivity index is 0. The van der Waals surface area contributed by atoms with Crippen LogP contribution in [0.1, 0.15) is 58.3 Å². The lowest BCUT2D eigenvalue weighted by Gasteiger charge is -2.31. The Kier molecular flexibility index (Phi) is 15.5. The first-order valence-corrected chi connectivity index (χ1v) is 8.11. The number of halogens is 2. The standard InChI is InChI=1S/C15H33ClNO.ClH/c1-4-5-6-7-8-9-10-11-12-17(2,3)14-15(18)13-16;/h15,18H,4-14H2,1-3H3;1H/q+1;/p-1. The number of rotatable bonds is 12. The van der Waals surface area contributed by atoms with Gasteiger partial charge < -0.3 is 22.0 Å². The predicted octanol–water partition coefficient (Wildman–Crippen LogP) is 0.807. The van der Waals surface area contributed by atoms with E-state index in [0.29, 0.717) is 5.88 Å². The molecule has 0 aromatic heterocycles. The fourth-order valence-electron chi connectivity index (χ4n) is 2.38. The van der Waals surface area contributed by atoms with Crippen LogP contribution in [0.5, 0.6) is 0 Å². The molecule has 0 spiro atoms. The lowest BCUT2D eigenvalue weighted by Crippen LogP contribution is -3.00. The molecule has 1 atom stereocenters. The Morgan fingerprint density at radius 1 is 0.947 bits per heavy atom. The third-order valence-electron chi connectivity index (χ3n) is 3.50. The highest BCUT2D eigenvalue weighted by atomic mass is 35.5. The van der Waals surface area contributed by atoms with Crippen molar-refractivity contribution in [1.82, 2.24) is 0 Å². The molecule has 0 amide bonds. The highest BCUT2D eigenvalue weighted by Gasteiger charge is 2.19. The number of aliphatic hydroxyl groups excluding tert-OH is 1. The lowest BCUT2D eigenvalue weighted by molar-refractivity contribution is -0.893. The van der Waals surface area contributed by atoms with Crippen molar-refractivity contribution in [3.63, 3.8) is 0 Å². The Hall–Kier alpha value is 0.500. The van der Waals surface area contributed by atoms with Gasteiger partial charge in [-0.15, -0.1) is 11.6 Å². The Morgan fingerprint density at radius 2 is 1.42 bits per heavy atom. The summed E-state index contributed by atoms with van der Waals surface area (Å²) in [5, 5.41) is 9.57. The summed E-state index contributed by atoms with van der Waals surface area (Å²) in [5.41, 5.74) is 0. The van der Waals surface area contributed by atoms with Crippen molar-refractivity contribution in [1.29, 1.82) is 0 Å². The number of aliphatic hydroxyl groups is 1. The van der Waals surface area contributed by atoms with Crippen LogP contribution in [0.4, 0.5) is 0 Å². The van der Waals surface area contributed by atoms with Crippen LogP contribution in [0, 0.1) is 0 Å². The summed E-state index contributed by atoms with van der Waals surface area (Å²) in [6.45, 7) is 4.16. The Bertz CT molecular complexity index is 189. The van der Waals surface area contributed by atoms with E-state index >= 15 is 0 Å². The number of unbranched alkanes of at least 4 members (excludes halogenated alkanes) is 7. The zero-order valence-corrected chi connectivity index (χ0v) is 14.5. The smallest absolute Gasteiger partial charge is 0.116 e. The van der Waals surface area contributed by atoms with Crippen molar-refractivity contribution in [2.75, 3.05) is 33.1 Å². The SMILES string of the molecule is CCCCCCCCCC[N+](C)(C)CC(O)CCl.[Cl-]. The second-order valence-electron chi connectivity index (χ2n) is 6.12. The van der Waals surface area contributed by atoms with Crippen LogP contribution in [0.25, 0.3) is 0 Å². The van der Waals surface area contributed by atoms with Crippen molar-refractivity contribution in [3.8, 4) is 0 Å². The minimum Gasteiger partial charge on any atom is -1.00 e. The van der Waals surface area contributed by atoms with E-state index in [1.165, 1.54) is 51.4 Å². The molecule has 0 aromatic carbocycles. The lowest BCUT2D eigenvalue weighted by atomic mass is 10.1. The van der Waals surface area contributed by atoms with E-state index < -0.39 is 0 Å². The number of alkyl halides is 1. The van der Waals surface area contributed by atoms with E-state index in [-0.39, 0.29) is 18.5 Å². The average molecular weight is 314 g/mol. The predicted molar refractivity (Wildman–Crippen MR) is 81.2 cm³/mol. The molecule has 1 unspecified atom stereocenters. The Labute approximate surface area is 131 Å². The number of likely N-dealkylation sites (N-methyl/N-ethyl adjacent to an activating group) is 1. The summed E-state index contributed by atoms with van der Waals surface area (Å²) in [6.07, 6.45) is 10.5. The van der Waals surface area contributed by atoms with Gasteiger partial charge in [0.1, 0.15) is 12.6 Å². The van der Waals surface area contributed by atoms with E-state index in [0.717, 1.165) is 17.6 Å². The normalized spacial score (nSPS) is 13.1. The van der Waals surface area contributed by atoms with Crippen LogP contribution in [-0.4, -0.2) is 48.8 Å². The molecule has 4 heteroatoms. The van der Waals surface area contributed by atoms with Gasteiger partial charge in [-0.2, -0.15) is 0 Å². The molecule has 0 heterocycles. The van der Waals surface area contributed by atoms with Gasteiger partial charge in [-0.3, -0.25) is 0 Å². The van der Waals surface area contributed by atoms with Gasteiger partial charge in [0.05, 0.1) is 26.5 Å². The molecule has 19 heavy (non-hydrogen) atoms. The van der Waals surface area contributed by atoms with Gasteiger partial charge in [0.15, 0.2) is 0 Å². The van der Waals surface area contributed by atoms with Crippen molar-refractivity contribution >= 4 is 11.6 Å². The molecule has 0 saturated heterocycles. The molecule has 0 aromatic rings. The summed E-state index contributed by atoms with van der Waals surface area (Å²) in [5.74, 6) is 0.346. The molecular weight excluding hydrogens is 281 g/mol. The maximum Gasteiger partial charge on any atom is 0.116 e. The maximum atomic E-state index is 9.57. The third kappa shape index (κ3) is 14.7. The van der Waals surface area contributed by atoms with Gasteiger partial charge in [0, 0.05) is 0 Å². The topological polar surface area (TPSA) is 20.2 Å². The van der Waals surface area contributed by atoms with Gasteiger partial charge in [-0.25, -0.2) is 0 Å². The summed E-state index contributed by atoms with van der Waals surface area (Å²) in [4.78, 5) is 0. The molecule has 2 nitrogen and oxygen atoms in total. The van der Waals surface area contributed by atoms with Crippen LogP contribution in [0.2, 0.25) is 0 Å². The van der Waals surface area contributed by atoms with E-state index in [4.69, 9.17) is 11.6 Å². The number of quaternary nitrogens is 1. The van der Waals surface area contributed by atoms with Crippen molar-refractivity contribution < 1.29 is 22.0 Å². The summed E-state index contributed by atoms with van der Waals surface area (Å²) < 4.78 is 0.879. The molecule has 1 N–H and O–H groups in total. The van der Waals surface area contributed by atoms with Crippen molar-refractivity contribution in [2.45, 2.75) is 64.4 Å². The van der Waals surface area contributed by atoms with E-state index in [9.17, 15) is 5.11 Å². The highest BCUT2D eigenvalue weighted by Crippen LogP contribution is 2.10. The maximum absolute atomic E-state index is 9.57. The second kappa shape index (κ2) is 13.5. The zero-order chi connectivity index (χ0) is 13.9. The zero-order valence-electron chi connectivity index (χ0n) is 13.0. The molecule has 0 rings (SSSR count).